The van der Waals surface area contributed by atoms with Crippen LogP contribution >= 0.6 is 0 Å². The Hall–Kier alpha value is -3.28. The van der Waals surface area contributed by atoms with Crippen molar-refractivity contribution in [3.63, 3.8) is 0 Å². The Morgan fingerprint density at radius 2 is 1.58 bits per heavy atom. The lowest BCUT2D eigenvalue weighted by Crippen LogP contribution is -2.20. The lowest BCUT2D eigenvalue weighted by atomic mass is 10.1. The number of hydrogen-bond acceptors (Lipinski definition) is 4. The first-order valence-electron chi connectivity index (χ1n) is 7.62. The molecule has 0 aliphatic heterocycles. The normalized spacial score (nSPS) is 11.1. The highest BCUT2D eigenvalue weighted by molar-refractivity contribution is 5.57. The van der Waals surface area contributed by atoms with E-state index in [0.717, 1.165) is 16.8 Å². The van der Waals surface area contributed by atoms with Crippen molar-refractivity contribution in [3.05, 3.63) is 76.5 Å². The number of aromatic nitrogens is 5. The van der Waals surface area contributed by atoms with Gasteiger partial charge in [-0.25, -0.2) is 9.20 Å². The number of rotatable bonds is 2. The summed E-state index contributed by atoms with van der Waals surface area (Å²) in [5.74, 6) is 1.40. The van der Waals surface area contributed by atoms with Crippen molar-refractivity contribution in [2.45, 2.75) is 13.8 Å². The third-order valence-corrected chi connectivity index (χ3v) is 3.87. The standard InChI is InChI=1S/C18H15N5O/c1-12-8-10-14(11-9-12)16-19-17-22(18(24)20-16)13(2)21-23(17)15-6-4-3-5-7-15/h3-11H,1-2H3. The van der Waals surface area contributed by atoms with E-state index < -0.39 is 0 Å². The van der Waals surface area contributed by atoms with Crippen LogP contribution in [-0.2, 0) is 0 Å². The lowest BCUT2D eigenvalue weighted by Gasteiger charge is -2.04. The van der Waals surface area contributed by atoms with E-state index in [2.05, 4.69) is 15.1 Å². The Morgan fingerprint density at radius 1 is 0.875 bits per heavy atom. The number of benzene rings is 2. The minimum Gasteiger partial charge on any atom is -0.245 e. The maximum absolute atomic E-state index is 12.5. The maximum atomic E-state index is 12.5. The molecule has 4 rings (SSSR count). The van der Waals surface area contributed by atoms with Crippen LogP contribution in [0.15, 0.2) is 59.4 Å². The van der Waals surface area contributed by atoms with E-state index in [-0.39, 0.29) is 5.69 Å². The smallest absolute Gasteiger partial charge is 0.245 e. The number of nitrogens with zero attached hydrogens (tertiary/aromatic N) is 5. The molecule has 4 aromatic rings. The van der Waals surface area contributed by atoms with Crippen LogP contribution < -0.4 is 5.69 Å². The van der Waals surface area contributed by atoms with E-state index in [0.29, 0.717) is 17.4 Å². The molecule has 2 heterocycles. The predicted octanol–water partition coefficient (Wildman–Crippen LogP) is 2.56. The lowest BCUT2D eigenvalue weighted by molar-refractivity contribution is 0.877. The average molecular weight is 317 g/mol. The van der Waals surface area contributed by atoms with Gasteiger partial charge in [0.25, 0.3) is 0 Å². The summed E-state index contributed by atoms with van der Waals surface area (Å²) in [6.07, 6.45) is 0. The zero-order valence-electron chi connectivity index (χ0n) is 13.3. The summed E-state index contributed by atoms with van der Waals surface area (Å²) >= 11 is 0. The van der Waals surface area contributed by atoms with Crippen LogP contribution in [0.3, 0.4) is 0 Å². The molecule has 0 fully saturated rings. The first-order valence-corrected chi connectivity index (χ1v) is 7.62. The zero-order valence-corrected chi connectivity index (χ0v) is 13.3. The van der Waals surface area contributed by atoms with Crippen molar-refractivity contribution in [3.8, 4) is 17.1 Å². The Kier molecular flexibility index (Phi) is 3.23. The number of hydrogen-bond donors (Lipinski definition) is 0. The van der Waals surface area contributed by atoms with Crippen LogP contribution in [0.2, 0.25) is 0 Å². The van der Waals surface area contributed by atoms with Crippen LogP contribution in [0.4, 0.5) is 0 Å². The van der Waals surface area contributed by atoms with Gasteiger partial charge in [0.15, 0.2) is 5.82 Å². The molecule has 2 aromatic carbocycles. The summed E-state index contributed by atoms with van der Waals surface area (Å²) in [6.45, 7) is 3.78. The largest absolute Gasteiger partial charge is 0.358 e. The van der Waals surface area contributed by atoms with Gasteiger partial charge in [0.1, 0.15) is 5.82 Å². The molecule has 0 saturated heterocycles. The SMILES string of the molecule is Cc1ccc(-c2nc(=O)n3c(C)nn(-c4ccccc4)c3n2)cc1. The summed E-state index contributed by atoms with van der Waals surface area (Å²) in [7, 11) is 0. The number of para-hydroxylation sites is 1. The van der Waals surface area contributed by atoms with Gasteiger partial charge in [0.05, 0.1) is 5.69 Å². The van der Waals surface area contributed by atoms with Crippen LogP contribution in [0.5, 0.6) is 0 Å². The Morgan fingerprint density at radius 3 is 2.29 bits per heavy atom. The quantitative estimate of drug-likeness (QED) is 0.570. The van der Waals surface area contributed by atoms with Gasteiger partial charge in [-0.2, -0.15) is 19.7 Å². The topological polar surface area (TPSA) is 65.1 Å². The third kappa shape index (κ3) is 2.28. The predicted molar refractivity (Wildman–Crippen MR) is 91.3 cm³/mol. The second kappa shape index (κ2) is 5.42. The maximum Gasteiger partial charge on any atom is 0.358 e. The molecule has 6 heteroatoms. The Labute approximate surface area is 138 Å². The van der Waals surface area contributed by atoms with Crippen LogP contribution in [0.1, 0.15) is 11.4 Å². The van der Waals surface area contributed by atoms with Gasteiger partial charge in [-0.1, -0.05) is 48.0 Å². The number of fused-ring (bicyclic) bond motifs is 1. The van der Waals surface area contributed by atoms with Gasteiger partial charge in [-0.3, -0.25) is 0 Å². The number of aryl methyl sites for hydroxylation is 2. The van der Waals surface area contributed by atoms with Crippen molar-refractivity contribution in [1.29, 1.82) is 0 Å². The van der Waals surface area contributed by atoms with Crippen LogP contribution in [0, 0.1) is 13.8 Å². The van der Waals surface area contributed by atoms with Gasteiger partial charge < -0.3 is 0 Å². The fourth-order valence-electron chi connectivity index (χ4n) is 2.63. The van der Waals surface area contributed by atoms with Crippen molar-refractivity contribution in [2.75, 3.05) is 0 Å². The molecule has 0 bridgehead atoms. The second-order valence-electron chi connectivity index (χ2n) is 5.63. The summed E-state index contributed by atoms with van der Waals surface area (Å²) < 4.78 is 3.08. The van der Waals surface area contributed by atoms with Crippen molar-refractivity contribution in [1.82, 2.24) is 24.1 Å². The second-order valence-corrected chi connectivity index (χ2v) is 5.63. The average Bonchev–Trinajstić information content (AvgIpc) is 2.93. The van der Waals surface area contributed by atoms with E-state index in [1.165, 1.54) is 4.40 Å². The summed E-state index contributed by atoms with van der Waals surface area (Å²) in [5, 5.41) is 4.45. The van der Waals surface area contributed by atoms with Crippen molar-refractivity contribution >= 4 is 5.78 Å². The molecule has 2 aromatic heterocycles. The van der Waals surface area contributed by atoms with Crippen LogP contribution in [-0.4, -0.2) is 24.1 Å². The van der Waals surface area contributed by atoms with E-state index in [1.54, 1.807) is 11.6 Å². The first-order chi connectivity index (χ1) is 11.6. The van der Waals surface area contributed by atoms with Crippen LogP contribution in [0.25, 0.3) is 22.9 Å². The minimum absolute atomic E-state index is 0.379. The highest BCUT2D eigenvalue weighted by Gasteiger charge is 2.15. The molecule has 0 unspecified atom stereocenters. The zero-order chi connectivity index (χ0) is 16.7. The van der Waals surface area contributed by atoms with Crippen molar-refractivity contribution in [2.24, 2.45) is 0 Å². The molecule has 6 nitrogen and oxygen atoms in total. The molecule has 0 aliphatic rings. The first kappa shape index (κ1) is 14.3. The molecule has 0 amide bonds. The van der Waals surface area contributed by atoms with E-state index in [4.69, 9.17) is 0 Å². The Bertz CT molecular complexity index is 1080. The molecule has 24 heavy (non-hydrogen) atoms. The van der Waals surface area contributed by atoms with Gasteiger partial charge in [0, 0.05) is 5.56 Å². The summed E-state index contributed by atoms with van der Waals surface area (Å²) in [5.41, 5.74) is 2.41. The van der Waals surface area contributed by atoms with Crippen molar-refractivity contribution < 1.29 is 0 Å². The summed E-state index contributed by atoms with van der Waals surface area (Å²) in [4.78, 5) is 21.2. The monoisotopic (exact) mass is 317 g/mol. The highest BCUT2D eigenvalue weighted by Crippen LogP contribution is 2.17. The van der Waals surface area contributed by atoms with E-state index in [9.17, 15) is 4.79 Å². The third-order valence-electron chi connectivity index (χ3n) is 3.87. The fourth-order valence-corrected chi connectivity index (χ4v) is 2.63. The van der Waals surface area contributed by atoms with Gasteiger partial charge in [-0.05, 0) is 26.0 Å². The Balaban J connectivity index is 2.00. The molecule has 0 radical (unpaired) electrons. The molecule has 118 valence electrons. The molecule has 0 aliphatic carbocycles. The molecular weight excluding hydrogens is 302 g/mol. The molecule has 0 saturated carbocycles. The summed E-state index contributed by atoms with van der Waals surface area (Å²) in [6, 6.07) is 17.4. The molecule has 0 spiro atoms. The minimum atomic E-state index is -0.379. The van der Waals surface area contributed by atoms with E-state index >= 15 is 0 Å². The van der Waals surface area contributed by atoms with E-state index in [1.807, 2.05) is 61.5 Å². The fraction of sp³-hybridized carbons (Fsp3) is 0.111. The van der Waals surface area contributed by atoms with Gasteiger partial charge >= 0.3 is 5.69 Å². The van der Waals surface area contributed by atoms with Gasteiger partial charge in [-0.15, -0.1) is 0 Å². The molecular formula is C18H15N5O. The molecule has 0 N–H and O–H groups in total. The molecule has 0 atom stereocenters. The van der Waals surface area contributed by atoms with Gasteiger partial charge in [0.2, 0.25) is 5.78 Å². The highest BCUT2D eigenvalue weighted by atomic mass is 16.1.